The van der Waals surface area contributed by atoms with Gasteiger partial charge in [0.25, 0.3) is 0 Å². The van der Waals surface area contributed by atoms with E-state index < -0.39 is 0 Å². The Balaban J connectivity index is 2.83. The van der Waals surface area contributed by atoms with E-state index in [4.69, 9.17) is 11.5 Å². The zero-order valence-corrected chi connectivity index (χ0v) is 8.49. The van der Waals surface area contributed by atoms with Crippen LogP contribution in [0.5, 0.6) is 0 Å². The summed E-state index contributed by atoms with van der Waals surface area (Å²) < 4.78 is 0. The molecule has 0 saturated carbocycles. The van der Waals surface area contributed by atoms with E-state index in [1.165, 1.54) is 0 Å². The molecule has 1 atom stereocenters. The van der Waals surface area contributed by atoms with Crippen LogP contribution in [-0.2, 0) is 6.42 Å². The standard InChI is InChI=1S/C8H16N6/c1-3-11-8-13-6(4-5(2)9)12-7(10)14-8/h5H,3-4,9H2,1-2H3,(H3,10,11,12,13,14). The Morgan fingerprint density at radius 3 is 2.64 bits per heavy atom. The number of rotatable bonds is 4. The zero-order chi connectivity index (χ0) is 10.6. The van der Waals surface area contributed by atoms with Crippen molar-refractivity contribution in [2.24, 2.45) is 5.73 Å². The van der Waals surface area contributed by atoms with Crippen molar-refractivity contribution in [3.05, 3.63) is 5.82 Å². The van der Waals surface area contributed by atoms with Crippen LogP contribution in [0.3, 0.4) is 0 Å². The van der Waals surface area contributed by atoms with Gasteiger partial charge in [0.1, 0.15) is 5.82 Å². The highest BCUT2D eigenvalue weighted by molar-refractivity contribution is 5.30. The van der Waals surface area contributed by atoms with Gasteiger partial charge in [-0.2, -0.15) is 15.0 Å². The van der Waals surface area contributed by atoms with E-state index in [9.17, 15) is 0 Å². The molecule has 1 unspecified atom stereocenters. The highest BCUT2D eigenvalue weighted by Gasteiger charge is 2.05. The third kappa shape index (κ3) is 3.14. The first-order valence-corrected chi connectivity index (χ1v) is 4.61. The van der Waals surface area contributed by atoms with Gasteiger partial charge in [0, 0.05) is 19.0 Å². The van der Waals surface area contributed by atoms with Crippen molar-refractivity contribution in [2.45, 2.75) is 26.3 Å². The van der Waals surface area contributed by atoms with Gasteiger partial charge < -0.3 is 16.8 Å². The van der Waals surface area contributed by atoms with E-state index in [2.05, 4.69) is 20.3 Å². The molecular weight excluding hydrogens is 180 g/mol. The summed E-state index contributed by atoms with van der Waals surface area (Å²) in [5.74, 6) is 1.37. The van der Waals surface area contributed by atoms with Crippen molar-refractivity contribution in [1.82, 2.24) is 15.0 Å². The van der Waals surface area contributed by atoms with Crippen LogP contribution in [0.15, 0.2) is 0 Å². The summed E-state index contributed by atoms with van der Waals surface area (Å²) in [7, 11) is 0. The summed E-state index contributed by atoms with van der Waals surface area (Å²) in [6.07, 6.45) is 0.602. The van der Waals surface area contributed by atoms with Gasteiger partial charge in [-0.15, -0.1) is 0 Å². The van der Waals surface area contributed by atoms with Crippen LogP contribution in [0.25, 0.3) is 0 Å². The van der Waals surface area contributed by atoms with E-state index in [0.29, 0.717) is 18.2 Å². The average molecular weight is 196 g/mol. The van der Waals surface area contributed by atoms with Gasteiger partial charge in [-0.3, -0.25) is 0 Å². The lowest BCUT2D eigenvalue weighted by molar-refractivity contribution is 0.699. The van der Waals surface area contributed by atoms with Crippen molar-refractivity contribution >= 4 is 11.9 Å². The summed E-state index contributed by atoms with van der Waals surface area (Å²) in [4.78, 5) is 12.1. The number of nitrogens with zero attached hydrogens (tertiary/aromatic N) is 3. The molecule has 0 aliphatic rings. The van der Waals surface area contributed by atoms with Crippen molar-refractivity contribution in [2.75, 3.05) is 17.6 Å². The second-order valence-corrected chi connectivity index (χ2v) is 3.15. The van der Waals surface area contributed by atoms with Crippen LogP contribution >= 0.6 is 0 Å². The van der Waals surface area contributed by atoms with E-state index in [1.54, 1.807) is 0 Å². The van der Waals surface area contributed by atoms with Crippen molar-refractivity contribution in [1.29, 1.82) is 0 Å². The van der Waals surface area contributed by atoms with Crippen LogP contribution in [0, 0.1) is 0 Å². The van der Waals surface area contributed by atoms with E-state index in [0.717, 1.165) is 6.54 Å². The second-order valence-electron chi connectivity index (χ2n) is 3.15. The normalized spacial score (nSPS) is 12.5. The lowest BCUT2D eigenvalue weighted by Crippen LogP contribution is -2.20. The molecule has 0 saturated heterocycles. The molecule has 0 spiro atoms. The molecule has 1 heterocycles. The number of hydrogen-bond acceptors (Lipinski definition) is 6. The molecule has 0 fully saturated rings. The largest absolute Gasteiger partial charge is 0.368 e. The molecule has 6 heteroatoms. The molecule has 0 amide bonds. The topological polar surface area (TPSA) is 103 Å². The minimum Gasteiger partial charge on any atom is -0.368 e. The summed E-state index contributed by atoms with van der Waals surface area (Å²) >= 11 is 0. The monoisotopic (exact) mass is 196 g/mol. The molecular formula is C8H16N6. The first kappa shape index (κ1) is 10.6. The minimum absolute atomic E-state index is 0.0197. The Labute approximate surface area is 83.1 Å². The highest BCUT2D eigenvalue weighted by atomic mass is 15.2. The Hall–Kier alpha value is -1.43. The summed E-state index contributed by atoms with van der Waals surface area (Å²) in [6, 6.07) is 0.0197. The number of aromatic nitrogens is 3. The van der Waals surface area contributed by atoms with Gasteiger partial charge in [0.2, 0.25) is 11.9 Å². The van der Waals surface area contributed by atoms with Crippen molar-refractivity contribution in [3.8, 4) is 0 Å². The smallest absolute Gasteiger partial charge is 0.227 e. The third-order valence-electron chi connectivity index (χ3n) is 1.54. The van der Waals surface area contributed by atoms with Crippen LogP contribution < -0.4 is 16.8 Å². The molecule has 1 rings (SSSR count). The van der Waals surface area contributed by atoms with Gasteiger partial charge in [0.15, 0.2) is 0 Å². The summed E-state index contributed by atoms with van der Waals surface area (Å²) in [5, 5.41) is 2.98. The minimum atomic E-state index is 0.0197. The number of hydrogen-bond donors (Lipinski definition) is 3. The molecule has 5 N–H and O–H groups in total. The highest BCUT2D eigenvalue weighted by Crippen LogP contribution is 2.03. The molecule has 0 aliphatic carbocycles. The first-order chi connectivity index (χ1) is 6.61. The van der Waals surface area contributed by atoms with Crippen molar-refractivity contribution < 1.29 is 0 Å². The first-order valence-electron chi connectivity index (χ1n) is 4.61. The molecule has 1 aromatic rings. The number of anilines is 2. The van der Waals surface area contributed by atoms with Gasteiger partial charge in [-0.1, -0.05) is 0 Å². The second kappa shape index (κ2) is 4.71. The van der Waals surface area contributed by atoms with Crippen molar-refractivity contribution in [3.63, 3.8) is 0 Å². The maximum atomic E-state index is 5.64. The maximum Gasteiger partial charge on any atom is 0.227 e. The Morgan fingerprint density at radius 2 is 2.07 bits per heavy atom. The molecule has 0 bridgehead atoms. The molecule has 0 aromatic carbocycles. The Bertz CT molecular complexity index is 298. The molecule has 78 valence electrons. The lowest BCUT2D eigenvalue weighted by atomic mass is 10.2. The van der Waals surface area contributed by atoms with Crippen LogP contribution in [0.4, 0.5) is 11.9 Å². The van der Waals surface area contributed by atoms with Crippen LogP contribution in [0.1, 0.15) is 19.7 Å². The third-order valence-corrected chi connectivity index (χ3v) is 1.54. The fourth-order valence-electron chi connectivity index (χ4n) is 1.05. The predicted molar refractivity (Wildman–Crippen MR) is 55.8 cm³/mol. The van der Waals surface area contributed by atoms with Crippen LogP contribution in [0.2, 0.25) is 0 Å². The number of nitrogens with two attached hydrogens (primary N) is 2. The molecule has 1 aromatic heterocycles. The molecule has 6 nitrogen and oxygen atoms in total. The van der Waals surface area contributed by atoms with Crippen LogP contribution in [-0.4, -0.2) is 27.5 Å². The molecule has 0 radical (unpaired) electrons. The summed E-state index contributed by atoms with van der Waals surface area (Å²) in [6.45, 7) is 4.61. The van der Waals surface area contributed by atoms with Gasteiger partial charge in [-0.05, 0) is 13.8 Å². The van der Waals surface area contributed by atoms with E-state index in [1.807, 2.05) is 13.8 Å². The lowest BCUT2D eigenvalue weighted by Gasteiger charge is -2.06. The number of nitrogen functional groups attached to an aromatic ring is 1. The summed E-state index contributed by atoms with van der Waals surface area (Å²) in [5.41, 5.74) is 11.2. The number of nitrogens with one attached hydrogen (secondary N) is 1. The predicted octanol–water partition coefficient (Wildman–Crippen LogP) is -0.225. The van der Waals surface area contributed by atoms with Gasteiger partial charge in [0.05, 0.1) is 0 Å². The average Bonchev–Trinajstić information content (AvgIpc) is 2.01. The Morgan fingerprint density at radius 1 is 1.36 bits per heavy atom. The Kier molecular flexibility index (Phi) is 3.58. The zero-order valence-electron chi connectivity index (χ0n) is 8.49. The van der Waals surface area contributed by atoms with E-state index >= 15 is 0 Å². The molecule has 0 aliphatic heterocycles. The fraction of sp³-hybridized carbons (Fsp3) is 0.625. The fourth-order valence-corrected chi connectivity index (χ4v) is 1.05. The quantitative estimate of drug-likeness (QED) is 0.615. The SMILES string of the molecule is CCNc1nc(N)nc(CC(C)N)n1. The van der Waals surface area contributed by atoms with Gasteiger partial charge in [-0.25, -0.2) is 0 Å². The molecule has 14 heavy (non-hydrogen) atoms. The maximum absolute atomic E-state index is 5.64. The van der Waals surface area contributed by atoms with Gasteiger partial charge >= 0.3 is 0 Å². The van der Waals surface area contributed by atoms with E-state index in [-0.39, 0.29) is 12.0 Å².